The quantitative estimate of drug-likeness (QED) is 0.645. The van der Waals surface area contributed by atoms with Gasteiger partial charge in [-0.1, -0.05) is 29.8 Å². The molecule has 0 spiro atoms. The van der Waals surface area contributed by atoms with E-state index in [-0.39, 0.29) is 11.9 Å². The van der Waals surface area contributed by atoms with Gasteiger partial charge in [0.1, 0.15) is 0 Å². The van der Waals surface area contributed by atoms with Crippen LogP contribution in [0.25, 0.3) is 0 Å². The molecule has 2 rings (SSSR count). The van der Waals surface area contributed by atoms with Crippen molar-refractivity contribution >= 4 is 23.6 Å². The van der Waals surface area contributed by atoms with E-state index in [9.17, 15) is 9.59 Å². The van der Waals surface area contributed by atoms with Gasteiger partial charge in [0.05, 0.1) is 11.7 Å². The number of aryl methyl sites for hydroxylation is 1. The summed E-state index contributed by atoms with van der Waals surface area (Å²) in [6.45, 7) is 2.02. The van der Waals surface area contributed by atoms with Gasteiger partial charge in [0.25, 0.3) is 0 Å². The van der Waals surface area contributed by atoms with E-state index in [4.69, 9.17) is 5.11 Å². The van der Waals surface area contributed by atoms with Crippen LogP contribution in [0.4, 0.5) is 0 Å². The number of amides is 1. The Balaban J connectivity index is 1.75. The van der Waals surface area contributed by atoms with Crippen molar-refractivity contribution < 1.29 is 14.7 Å². The molecule has 4 nitrogen and oxygen atoms in total. The number of thioether (sulfide) groups is 1. The molecular formula is C15H17NO3S. The van der Waals surface area contributed by atoms with Crippen molar-refractivity contribution in [1.29, 1.82) is 0 Å². The molecule has 1 aliphatic rings. The topological polar surface area (TPSA) is 66.4 Å². The summed E-state index contributed by atoms with van der Waals surface area (Å²) in [6, 6.07) is 7.84. The number of carbonyl (C=O) groups excluding carboxylic acids is 1. The van der Waals surface area contributed by atoms with Crippen LogP contribution in [0.2, 0.25) is 0 Å². The Morgan fingerprint density at radius 2 is 2.00 bits per heavy atom. The molecule has 0 saturated carbocycles. The number of nitrogens with one attached hydrogen (secondary N) is 1. The molecule has 2 atom stereocenters. The van der Waals surface area contributed by atoms with Crippen LogP contribution in [0, 0.1) is 12.8 Å². The van der Waals surface area contributed by atoms with Crippen LogP contribution < -0.4 is 5.32 Å². The molecule has 1 aromatic carbocycles. The molecule has 0 radical (unpaired) electrons. The second-order valence-corrected chi connectivity index (χ2v) is 5.89. The Hall–Kier alpha value is -1.75. The largest absolute Gasteiger partial charge is 0.481 e. The molecule has 0 aliphatic heterocycles. The summed E-state index contributed by atoms with van der Waals surface area (Å²) in [6.07, 6.45) is 3.84. The predicted molar refractivity (Wildman–Crippen MR) is 78.7 cm³/mol. The number of rotatable bonds is 5. The van der Waals surface area contributed by atoms with Crippen LogP contribution >= 0.6 is 11.8 Å². The molecule has 1 aromatic rings. The summed E-state index contributed by atoms with van der Waals surface area (Å²) in [5, 5.41) is 11.7. The third-order valence-electron chi connectivity index (χ3n) is 3.14. The normalized spacial score (nSPS) is 20.9. The Bertz CT molecular complexity index is 524. The van der Waals surface area contributed by atoms with Crippen LogP contribution in [-0.4, -0.2) is 28.8 Å². The molecule has 0 bridgehead atoms. The van der Waals surface area contributed by atoms with Crippen molar-refractivity contribution in [3.63, 3.8) is 0 Å². The van der Waals surface area contributed by atoms with Gasteiger partial charge in [-0.3, -0.25) is 9.59 Å². The van der Waals surface area contributed by atoms with Crippen molar-refractivity contribution in [1.82, 2.24) is 5.32 Å². The van der Waals surface area contributed by atoms with E-state index in [1.165, 1.54) is 17.3 Å². The van der Waals surface area contributed by atoms with Gasteiger partial charge in [0, 0.05) is 10.9 Å². The molecular weight excluding hydrogens is 274 g/mol. The van der Waals surface area contributed by atoms with Gasteiger partial charge in [-0.15, -0.1) is 11.8 Å². The second kappa shape index (κ2) is 6.61. The Morgan fingerprint density at radius 1 is 1.30 bits per heavy atom. The molecule has 0 fully saturated rings. The maximum Gasteiger partial charge on any atom is 0.310 e. The number of carboxylic acid groups (broad SMARTS) is 1. The highest BCUT2D eigenvalue weighted by Gasteiger charge is 2.25. The molecule has 2 N–H and O–H groups in total. The number of carbonyl (C=O) groups is 2. The van der Waals surface area contributed by atoms with E-state index >= 15 is 0 Å². The van der Waals surface area contributed by atoms with Gasteiger partial charge >= 0.3 is 5.97 Å². The number of hydrogen-bond donors (Lipinski definition) is 2. The van der Waals surface area contributed by atoms with Crippen LogP contribution in [0.1, 0.15) is 12.0 Å². The first-order valence-corrected chi connectivity index (χ1v) is 7.43. The summed E-state index contributed by atoms with van der Waals surface area (Å²) in [7, 11) is 0. The Morgan fingerprint density at radius 3 is 2.60 bits per heavy atom. The predicted octanol–water partition coefficient (Wildman–Crippen LogP) is 2.23. The molecule has 0 saturated heterocycles. The van der Waals surface area contributed by atoms with Gasteiger partial charge in [-0.2, -0.15) is 0 Å². The summed E-state index contributed by atoms with van der Waals surface area (Å²) < 4.78 is 0. The highest BCUT2D eigenvalue weighted by Crippen LogP contribution is 2.20. The SMILES string of the molecule is Cc1ccc(SCC(=O)NC2C=CC(C(=O)O)C2)cc1. The Kier molecular flexibility index (Phi) is 4.84. The van der Waals surface area contributed by atoms with Crippen molar-refractivity contribution in [2.24, 2.45) is 5.92 Å². The lowest BCUT2D eigenvalue weighted by molar-refractivity contribution is -0.140. The maximum atomic E-state index is 11.8. The van der Waals surface area contributed by atoms with E-state index in [2.05, 4.69) is 5.32 Å². The van der Waals surface area contributed by atoms with Crippen molar-refractivity contribution in [3.05, 3.63) is 42.0 Å². The second-order valence-electron chi connectivity index (χ2n) is 4.84. The van der Waals surface area contributed by atoms with Crippen LogP contribution in [0.5, 0.6) is 0 Å². The monoisotopic (exact) mass is 291 g/mol. The summed E-state index contributed by atoms with van der Waals surface area (Å²) >= 11 is 1.48. The summed E-state index contributed by atoms with van der Waals surface area (Å²) in [5.41, 5.74) is 1.19. The number of carboxylic acids is 1. The summed E-state index contributed by atoms with van der Waals surface area (Å²) in [4.78, 5) is 23.7. The molecule has 20 heavy (non-hydrogen) atoms. The zero-order chi connectivity index (χ0) is 14.5. The molecule has 0 heterocycles. The van der Waals surface area contributed by atoms with Crippen LogP contribution in [-0.2, 0) is 9.59 Å². The van der Waals surface area contributed by atoms with Gasteiger partial charge in [0.2, 0.25) is 5.91 Å². The van der Waals surface area contributed by atoms with E-state index < -0.39 is 11.9 Å². The molecule has 106 valence electrons. The van der Waals surface area contributed by atoms with Crippen molar-refractivity contribution in [3.8, 4) is 0 Å². The number of aliphatic carboxylic acids is 1. The van der Waals surface area contributed by atoms with E-state index in [1.807, 2.05) is 31.2 Å². The standard InChI is InChI=1S/C15H17NO3S/c1-10-2-6-13(7-3-10)20-9-14(17)16-12-5-4-11(8-12)15(18)19/h2-7,11-12H,8-9H2,1H3,(H,16,17)(H,18,19). The Labute approximate surface area is 122 Å². The van der Waals surface area contributed by atoms with Crippen molar-refractivity contribution in [2.75, 3.05) is 5.75 Å². The van der Waals surface area contributed by atoms with Crippen molar-refractivity contribution in [2.45, 2.75) is 24.3 Å². The number of benzene rings is 1. The zero-order valence-electron chi connectivity index (χ0n) is 11.2. The fraction of sp³-hybridized carbons (Fsp3) is 0.333. The molecule has 0 aromatic heterocycles. The third kappa shape index (κ3) is 4.13. The minimum Gasteiger partial charge on any atom is -0.481 e. The van der Waals surface area contributed by atoms with Gasteiger partial charge in [-0.25, -0.2) is 0 Å². The molecule has 1 aliphatic carbocycles. The maximum absolute atomic E-state index is 11.8. The van der Waals surface area contributed by atoms with E-state index in [0.717, 1.165) is 4.90 Å². The fourth-order valence-corrected chi connectivity index (χ4v) is 2.73. The molecule has 2 unspecified atom stereocenters. The minimum atomic E-state index is -0.841. The van der Waals surface area contributed by atoms with Gasteiger partial charge in [0.15, 0.2) is 0 Å². The third-order valence-corrected chi connectivity index (χ3v) is 4.15. The van der Waals surface area contributed by atoms with Gasteiger partial charge < -0.3 is 10.4 Å². The smallest absolute Gasteiger partial charge is 0.310 e. The zero-order valence-corrected chi connectivity index (χ0v) is 12.0. The first kappa shape index (κ1) is 14.7. The average Bonchev–Trinajstić information content (AvgIpc) is 2.87. The highest BCUT2D eigenvalue weighted by molar-refractivity contribution is 8.00. The molecule has 5 heteroatoms. The van der Waals surface area contributed by atoms with Crippen LogP contribution in [0.15, 0.2) is 41.3 Å². The fourth-order valence-electron chi connectivity index (χ4n) is 2.02. The summed E-state index contributed by atoms with van der Waals surface area (Å²) in [5.74, 6) is -1.06. The molecule has 1 amide bonds. The minimum absolute atomic E-state index is 0.0729. The lowest BCUT2D eigenvalue weighted by Crippen LogP contribution is -2.34. The van der Waals surface area contributed by atoms with E-state index in [0.29, 0.717) is 12.2 Å². The van der Waals surface area contributed by atoms with Gasteiger partial charge in [-0.05, 0) is 25.5 Å². The average molecular weight is 291 g/mol. The highest BCUT2D eigenvalue weighted by atomic mass is 32.2. The van der Waals surface area contributed by atoms with E-state index in [1.54, 1.807) is 12.2 Å². The lowest BCUT2D eigenvalue weighted by Gasteiger charge is -2.12. The number of hydrogen-bond acceptors (Lipinski definition) is 3. The lowest BCUT2D eigenvalue weighted by atomic mass is 10.1. The first-order valence-electron chi connectivity index (χ1n) is 6.44. The van der Waals surface area contributed by atoms with Crippen LogP contribution in [0.3, 0.4) is 0 Å². The first-order chi connectivity index (χ1) is 9.54.